The van der Waals surface area contributed by atoms with Gasteiger partial charge in [0.15, 0.2) is 6.61 Å². The van der Waals surface area contributed by atoms with Crippen LogP contribution < -0.4 is 10.1 Å². The zero-order valence-electron chi connectivity index (χ0n) is 9.88. The normalized spacial score (nSPS) is 10.5. The molecule has 0 bridgehead atoms. The molecule has 5 heteroatoms. The molecular formula is C12H15N3O2. The van der Waals surface area contributed by atoms with Crippen LogP contribution in [0.3, 0.4) is 0 Å². The van der Waals surface area contributed by atoms with E-state index in [1.165, 1.54) is 0 Å². The van der Waals surface area contributed by atoms with Crippen molar-refractivity contribution in [1.29, 1.82) is 0 Å². The van der Waals surface area contributed by atoms with Crippen molar-refractivity contribution in [2.45, 2.75) is 26.5 Å². The summed E-state index contributed by atoms with van der Waals surface area (Å²) >= 11 is 0. The molecule has 0 atom stereocenters. The predicted octanol–water partition coefficient (Wildman–Crippen LogP) is 2.47. The molecule has 2 aromatic rings. The van der Waals surface area contributed by atoms with E-state index in [4.69, 9.17) is 9.26 Å². The van der Waals surface area contributed by atoms with E-state index in [0.29, 0.717) is 18.4 Å². The lowest BCUT2D eigenvalue weighted by atomic mass is 10.3. The fraction of sp³-hybridized carbons (Fsp3) is 0.333. The third-order valence-electron chi connectivity index (χ3n) is 1.99. The summed E-state index contributed by atoms with van der Waals surface area (Å²) in [5.41, 5.74) is 0. The second-order valence-electron chi connectivity index (χ2n) is 3.92. The highest BCUT2D eigenvalue weighted by Crippen LogP contribution is 2.11. The van der Waals surface area contributed by atoms with Crippen LogP contribution in [0.4, 0.5) is 6.01 Å². The van der Waals surface area contributed by atoms with Crippen molar-refractivity contribution in [3.05, 3.63) is 36.2 Å². The summed E-state index contributed by atoms with van der Waals surface area (Å²) in [7, 11) is 0. The average Bonchev–Trinajstić information content (AvgIpc) is 2.75. The van der Waals surface area contributed by atoms with Gasteiger partial charge in [0.05, 0.1) is 0 Å². The van der Waals surface area contributed by atoms with Crippen LogP contribution in [0.5, 0.6) is 5.75 Å². The van der Waals surface area contributed by atoms with Gasteiger partial charge < -0.3 is 14.6 Å². The van der Waals surface area contributed by atoms with Gasteiger partial charge in [-0.25, -0.2) is 0 Å². The lowest BCUT2D eigenvalue weighted by Crippen LogP contribution is -2.09. The number of aromatic nitrogens is 2. The largest absolute Gasteiger partial charge is 0.485 e. The maximum atomic E-state index is 5.50. The number of hydrogen-bond donors (Lipinski definition) is 1. The molecule has 1 heterocycles. The molecule has 1 N–H and O–H groups in total. The third kappa shape index (κ3) is 3.48. The summed E-state index contributed by atoms with van der Waals surface area (Å²) in [5.74, 6) is 1.31. The van der Waals surface area contributed by atoms with Gasteiger partial charge in [0.2, 0.25) is 5.82 Å². The Kier molecular flexibility index (Phi) is 3.59. The molecule has 17 heavy (non-hydrogen) atoms. The lowest BCUT2D eigenvalue weighted by molar-refractivity contribution is 0.287. The fourth-order valence-electron chi connectivity index (χ4n) is 1.28. The van der Waals surface area contributed by atoms with Crippen molar-refractivity contribution in [1.82, 2.24) is 10.1 Å². The number of rotatable bonds is 5. The van der Waals surface area contributed by atoms with Crippen molar-refractivity contribution in [3.8, 4) is 5.75 Å². The molecule has 0 aliphatic rings. The van der Waals surface area contributed by atoms with Crippen LogP contribution >= 0.6 is 0 Å². The summed E-state index contributed by atoms with van der Waals surface area (Å²) in [6.07, 6.45) is 0. The number of benzene rings is 1. The standard InChI is InChI=1S/C12H15N3O2/c1-9(2)13-12-14-11(15-17-12)8-16-10-6-4-3-5-7-10/h3-7,9H,8H2,1-2H3,(H,13,14,15). The molecule has 0 fully saturated rings. The van der Waals surface area contributed by atoms with Crippen LogP contribution in [-0.4, -0.2) is 16.2 Å². The first-order valence-corrected chi connectivity index (χ1v) is 5.51. The van der Waals surface area contributed by atoms with Crippen LogP contribution in [0.25, 0.3) is 0 Å². The van der Waals surface area contributed by atoms with Gasteiger partial charge in [0.1, 0.15) is 5.75 Å². The molecule has 0 radical (unpaired) electrons. The molecule has 0 saturated heterocycles. The van der Waals surface area contributed by atoms with E-state index in [0.717, 1.165) is 5.75 Å². The summed E-state index contributed by atoms with van der Waals surface area (Å²) < 4.78 is 10.5. The monoisotopic (exact) mass is 233 g/mol. The molecule has 0 aliphatic heterocycles. The van der Waals surface area contributed by atoms with Crippen LogP contribution in [0.2, 0.25) is 0 Å². The number of ether oxygens (including phenoxy) is 1. The Morgan fingerprint density at radius 2 is 2.06 bits per heavy atom. The molecule has 0 saturated carbocycles. The summed E-state index contributed by atoms with van der Waals surface area (Å²) in [6.45, 7) is 4.31. The fourth-order valence-corrected chi connectivity index (χ4v) is 1.28. The van der Waals surface area contributed by atoms with Gasteiger partial charge in [-0.15, -0.1) is 0 Å². The summed E-state index contributed by atoms with van der Waals surface area (Å²) in [6, 6.07) is 10.2. The Balaban J connectivity index is 1.89. The van der Waals surface area contributed by atoms with E-state index in [2.05, 4.69) is 15.5 Å². The number of nitrogens with one attached hydrogen (secondary N) is 1. The quantitative estimate of drug-likeness (QED) is 0.859. The molecule has 1 aromatic heterocycles. The predicted molar refractivity (Wildman–Crippen MR) is 63.8 cm³/mol. The SMILES string of the molecule is CC(C)Nc1nc(COc2ccccc2)no1. The summed E-state index contributed by atoms with van der Waals surface area (Å²) in [4.78, 5) is 4.15. The molecule has 2 rings (SSSR count). The van der Waals surface area contributed by atoms with Gasteiger partial charge in [-0.05, 0) is 26.0 Å². The van der Waals surface area contributed by atoms with E-state index in [1.807, 2.05) is 44.2 Å². The minimum absolute atomic E-state index is 0.262. The maximum Gasteiger partial charge on any atom is 0.321 e. The van der Waals surface area contributed by atoms with Gasteiger partial charge in [-0.3, -0.25) is 0 Å². The van der Waals surface area contributed by atoms with Gasteiger partial charge >= 0.3 is 6.01 Å². The van der Waals surface area contributed by atoms with Crippen molar-refractivity contribution in [3.63, 3.8) is 0 Å². The molecule has 0 aliphatic carbocycles. The zero-order valence-corrected chi connectivity index (χ0v) is 9.88. The first-order chi connectivity index (χ1) is 8.24. The van der Waals surface area contributed by atoms with Gasteiger partial charge in [0.25, 0.3) is 0 Å². The van der Waals surface area contributed by atoms with Crippen molar-refractivity contribution < 1.29 is 9.26 Å². The number of para-hydroxylation sites is 1. The minimum atomic E-state index is 0.262. The average molecular weight is 233 g/mol. The smallest absolute Gasteiger partial charge is 0.321 e. The molecular weight excluding hydrogens is 218 g/mol. The van der Waals surface area contributed by atoms with Crippen LogP contribution in [0.15, 0.2) is 34.9 Å². The van der Waals surface area contributed by atoms with Gasteiger partial charge in [-0.1, -0.05) is 23.4 Å². The number of hydrogen-bond acceptors (Lipinski definition) is 5. The van der Waals surface area contributed by atoms with Crippen molar-refractivity contribution in [2.24, 2.45) is 0 Å². The van der Waals surface area contributed by atoms with E-state index in [9.17, 15) is 0 Å². The highest BCUT2D eigenvalue weighted by molar-refractivity contribution is 5.22. The highest BCUT2D eigenvalue weighted by Gasteiger charge is 2.07. The van der Waals surface area contributed by atoms with Crippen LogP contribution in [0.1, 0.15) is 19.7 Å². The Labute approximate surface area is 99.8 Å². The Morgan fingerprint density at radius 3 is 2.76 bits per heavy atom. The molecule has 1 aromatic carbocycles. The maximum absolute atomic E-state index is 5.50. The van der Waals surface area contributed by atoms with Crippen LogP contribution in [-0.2, 0) is 6.61 Å². The number of anilines is 1. The van der Waals surface area contributed by atoms with E-state index < -0.39 is 0 Å². The summed E-state index contributed by atoms with van der Waals surface area (Å²) in [5, 5.41) is 6.84. The van der Waals surface area contributed by atoms with Gasteiger partial charge in [-0.2, -0.15) is 4.98 Å². The molecule has 90 valence electrons. The lowest BCUT2D eigenvalue weighted by Gasteiger charge is -2.02. The molecule has 0 amide bonds. The van der Waals surface area contributed by atoms with E-state index >= 15 is 0 Å². The van der Waals surface area contributed by atoms with Crippen molar-refractivity contribution in [2.75, 3.05) is 5.32 Å². The highest BCUT2D eigenvalue weighted by atomic mass is 16.5. The van der Waals surface area contributed by atoms with Crippen LogP contribution in [0, 0.1) is 0 Å². The second-order valence-corrected chi connectivity index (χ2v) is 3.92. The first kappa shape index (κ1) is 11.4. The van der Waals surface area contributed by atoms with E-state index in [1.54, 1.807) is 0 Å². The first-order valence-electron chi connectivity index (χ1n) is 5.51. The zero-order chi connectivity index (χ0) is 12.1. The Hall–Kier alpha value is -2.04. The van der Waals surface area contributed by atoms with Gasteiger partial charge in [0, 0.05) is 6.04 Å². The molecule has 5 nitrogen and oxygen atoms in total. The molecule has 0 unspecified atom stereocenters. The topological polar surface area (TPSA) is 60.2 Å². The Bertz CT molecular complexity index is 454. The minimum Gasteiger partial charge on any atom is -0.485 e. The second kappa shape index (κ2) is 5.34. The third-order valence-corrected chi connectivity index (χ3v) is 1.99. The van der Waals surface area contributed by atoms with Crippen molar-refractivity contribution >= 4 is 6.01 Å². The Morgan fingerprint density at radius 1 is 1.29 bits per heavy atom. The van der Waals surface area contributed by atoms with E-state index in [-0.39, 0.29) is 6.04 Å². The molecule has 0 spiro atoms. The number of nitrogens with zero attached hydrogens (tertiary/aromatic N) is 2.